The lowest BCUT2D eigenvalue weighted by Crippen LogP contribution is -2.04. The van der Waals surface area contributed by atoms with Gasteiger partial charge in [0.05, 0.1) is 31.9 Å². The van der Waals surface area contributed by atoms with Gasteiger partial charge in [-0.25, -0.2) is 0 Å². The molecule has 1 unspecified atom stereocenters. The van der Waals surface area contributed by atoms with Crippen molar-refractivity contribution in [3.63, 3.8) is 0 Å². The maximum absolute atomic E-state index is 9.52. The minimum Gasteiger partial charge on any atom is -0.497 e. The van der Waals surface area contributed by atoms with Gasteiger partial charge < -0.3 is 14.0 Å². The van der Waals surface area contributed by atoms with E-state index in [9.17, 15) is 5.26 Å². The zero-order chi connectivity index (χ0) is 15.4. The molecule has 1 aromatic heterocycles. The quantitative estimate of drug-likeness (QED) is 0.844. The lowest BCUT2D eigenvalue weighted by atomic mass is 9.91. The van der Waals surface area contributed by atoms with Crippen LogP contribution < -0.4 is 9.47 Å². The molecule has 5 heteroatoms. The first-order valence-corrected chi connectivity index (χ1v) is 6.64. The Bertz CT molecular complexity index is 651. The molecule has 1 atom stereocenters. The Morgan fingerprint density at radius 3 is 2.57 bits per heavy atom. The Hall–Kier alpha value is -2.48. The largest absolute Gasteiger partial charge is 0.497 e. The molecule has 0 radical (unpaired) electrons. The van der Waals surface area contributed by atoms with Crippen LogP contribution in [0.1, 0.15) is 28.5 Å². The third kappa shape index (κ3) is 3.00. The molecule has 0 saturated heterocycles. The first-order chi connectivity index (χ1) is 10.1. The van der Waals surface area contributed by atoms with Crippen LogP contribution in [0.15, 0.2) is 22.7 Å². The van der Waals surface area contributed by atoms with Crippen LogP contribution >= 0.6 is 0 Å². The number of aryl methyl sites for hydroxylation is 2. The van der Waals surface area contributed by atoms with Gasteiger partial charge in [-0.05, 0) is 26.3 Å². The van der Waals surface area contributed by atoms with Gasteiger partial charge in [-0.15, -0.1) is 0 Å². The number of nitrogens with zero attached hydrogens (tertiary/aromatic N) is 2. The van der Waals surface area contributed by atoms with Crippen LogP contribution in [0.25, 0.3) is 0 Å². The fourth-order valence-corrected chi connectivity index (χ4v) is 2.33. The average Bonchev–Trinajstić information content (AvgIpc) is 2.83. The Labute approximate surface area is 124 Å². The lowest BCUT2D eigenvalue weighted by molar-refractivity contribution is 0.389. The molecule has 2 rings (SSSR count). The summed E-state index contributed by atoms with van der Waals surface area (Å²) in [5.74, 6) is 1.76. The molecular formula is C16H18N2O3. The molecule has 0 amide bonds. The molecule has 21 heavy (non-hydrogen) atoms. The standard InChI is InChI=1S/C16H18N2O3/c1-10-15(11(2)21-18-10)7-12(9-17)14-6-5-13(19-3)8-16(14)20-4/h5-6,8,12H,7H2,1-4H3. The second-order valence-corrected chi connectivity index (χ2v) is 4.80. The van der Waals surface area contributed by atoms with Crippen molar-refractivity contribution >= 4 is 0 Å². The summed E-state index contributed by atoms with van der Waals surface area (Å²) in [6.07, 6.45) is 0.542. The zero-order valence-electron chi connectivity index (χ0n) is 12.6. The molecule has 2 aromatic rings. The molecule has 0 spiro atoms. The highest BCUT2D eigenvalue weighted by Gasteiger charge is 2.21. The highest BCUT2D eigenvalue weighted by Crippen LogP contribution is 2.33. The van der Waals surface area contributed by atoms with E-state index in [4.69, 9.17) is 14.0 Å². The van der Waals surface area contributed by atoms with Crippen molar-refractivity contribution < 1.29 is 14.0 Å². The number of rotatable bonds is 5. The van der Waals surface area contributed by atoms with Crippen LogP contribution in [0.4, 0.5) is 0 Å². The predicted octanol–water partition coefficient (Wildman–Crippen LogP) is 3.16. The third-order valence-corrected chi connectivity index (χ3v) is 3.56. The summed E-state index contributed by atoms with van der Waals surface area (Å²) in [5, 5.41) is 13.5. The Kier molecular flexibility index (Phi) is 4.49. The van der Waals surface area contributed by atoms with Crippen molar-refractivity contribution in [1.29, 1.82) is 5.26 Å². The topological polar surface area (TPSA) is 68.3 Å². The van der Waals surface area contributed by atoms with Crippen LogP contribution in [-0.2, 0) is 6.42 Å². The summed E-state index contributed by atoms with van der Waals surface area (Å²) < 4.78 is 15.7. The van der Waals surface area contributed by atoms with Crippen molar-refractivity contribution in [1.82, 2.24) is 5.16 Å². The Morgan fingerprint density at radius 1 is 1.29 bits per heavy atom. The smallest absolute Gasteiger partial charge is 0.137 e. The summed E-state index contributed by atoms with van der Waals surface area (Å²) in [6, 6.07) is 7.81. The van der Waals surface area contributed by atoms with Gasteiger partial charge >= 0.3 is 0 Å². The van der Waals surface area contributed by atoms with Gasteiger partial charge in [0.2, 0.25) is 0 Å². The maximum atomic E-state index is 9.52. The normalized spacial score (nSPS) is 11.8. The second kappa shape index (κ2) is 6.31. The number of nitriles is 1. The van der Waals surface area contributed by atoms with E-state index in [0.717, 1.165) is 22.6 Å². The van der Waals surface area contributed by atoms with Gasteiger partial charge in [0.1, 0.15) is 17.3 Å². The van der Waals surface area contributed by atoms with Crippen LogP contribution in [0.3, 0.4) is 0 Å². The molecule has 0 aliphatic rings. The van der Waals surface area contributed by atoms with E-state index in [1.165, 1.54) is 0 Å². The van der Waals surface area contributed by atoms with Crippen molar-refractivity contribution in [3.05, 3.63) is 40.8 Å². The highest BCUT2D eigenvalue weighted by atomic mass is 16.5. The maximum Gasteiger partial charge on any atom is 0.137 e. The van der Waals surface area contributed by atoms with Crippen LogP contribution in [0, 0.1) is 25.2 Å². The van der Waals surface area contributed by atoms with Gasteiger partial charge in [0, 0.05) is 17.2 Å². The van der Waals surface area contributed by atoms with Crippen LogP contribution in [0.5, 0.6) is 11.5 Å². The van der Waals surface area contributed by atoms with E-state index < -0.39 is 0 Å². The van der Waals surface area contributed by atoms with Gasteiger partial charge in [-0.2, -0.15) is 5.26 Å². The molecule has 5 nitrogen and oxygen atoms in total. The van der Waals surface area contributed by atoms with E-state index in [0.29, 0.717) is 17.9 Å². The molecule has 0 aliphatic carbocycles. The van der Waals surface area contributed by atoms with E-state index in [-0.39, 0.29) is 5.92 Å². The molecule has 1 heterocycles. The summed E-state index contributed by atoms with van der Waals surface area (Å²) in [5.41, 5.74) is 2.63. The number of aromatic nitrogens is 1. The molecule has 1 aromatic carbocycles. The fourth-order valence-electron chi connectivity index (χ4n) is 2.33. The fraction of sp³-hybridized carbons (Fsp3) is 0.375. The number of hydrogen-bond acceptors (Lipinski definition) is 5. The minimum absolute atomic E-state index is 0.331. The minimum atomic E-state index is -0.331. The highest BCUT2D eigenvalue weighted by molar-refractivity contribution is 5.45. The molecule has 0 aliphatic heterocycles. The molecule has 0 saturated carbocycles. The first kappa shape index (κ1) is 14.9. The summed E-state index contributed by atoms with van der Waals surface area (Å²) in [7, 11) is 3.18. The lowest BCUT2D eigenvalue weighted by Gasteiger charge is -2.14. The zero-order valence-corrected chi connectivity index (χ0v) is 12.6. The van der Waals surface area contributed by atoms with Gasteiger partial charge in [-0.3, -0.25) is 0 Å². The first-order valence-electron chi connectivity index (χ1n) is 6.64. The second-order valence-electron chi connectivity index (χ2n) is 4.80. The van der Waals surface area contributed by atoms with Crippen molar-refractivity contribution in [3.8, 4) is 17.6 Å². The van der Waals surface area contributed by atoms with Gasteiger partial charge in [0.25, 0.3) is 0 Å². The monoisotopic (exact) mass is 286 g/mol. The average molecular weight is 286 g/mol. The predicted molar refractivity (Wildman–Crippen MR) is 77.6 cm³/mol. The number of ether oxygens (including phenoxy) is 2. The van der Waals surface area contributed by atoms with Crippen molar-refractivity contribution in [2.45, 2.75) is 26.2 Å². The molecule has 110 valence electrons. The third-order valence-electron chi connectivity index (χ3n) is 3.56. The van der Waals surface area contributed by atoms with Crippen LogP contribution in [-0.4, -0.2) is 19.4 Å². The SMILES string of the molecule is COc1ccc(C(C#N)Cc2c(C)noc2C)c(OC)c1. The number of methoxy groups -OCH3 is 2. The summed E-state index contributed by atoms with van der Waals surface area (Å²) in [4.78, 5) is 0. The Morgan fingerprint density at radius 2 is 2.05 bits per heavy atom. The van der Waals surface area contributed by atoms with Crippen molar-refractivity contribution in [2.24, 2.45) is 0 Å². The molecule has 0 bridgehead atoms. The number of hydrogen-bond donors (Lipinski definition) is 0. The molecule has 0 fully saturated rings. The van der Waals surface area contributed by atoms with E-state index in [1.807, 2.05) is 26.0 Å². The van der Waals surface area contributed by atoms with E-state index >= 15 is 0 Å². The summed E-state index contributed by atoms with van der Waals surface area (Å²) in [6.45, 7) is 3.74. The van der Waals surface area contributed by atoms with E-state index in [2.05, 4.69) is 11.2 Å². The molecule has 0 N–H and O–H groups in total. The van der Waals surface area contributed by atoms with E-state index in [1.54, 1.807) is 20.3 Å². The molecular weight excluding hydrogens is 268 g/mol. The summed E-state index contributed by atoms with van der Waals surface area (Å²) >= 11 is 0. The Balaban J connectivity index is 2.36. The van der Waals surface area contributed by atoms with Crippen LogP contribution in [0.2, 0.25) is 0 Å². The van der Waals surface area contributed by atoms with Gasteiger partial charge in [-0.1, -0.05) is 11.2 Å². The number of benzene rings is 1. The van der Waals surface area contributed by atoms with Gasteiger partial charge in [0.15, 0.2) is 0 Å². The van der Waals surface area contributed by atoms with Crippen molar-refractivity contribution in [2.75, 3.05) is 14.2 Å².